The molecule has 2 rings (SSSR count). The largest absolute Gasteiger partial charge is 0.377 e. The maximum atomic E-state index is 12.2. The van der Waals surface area contributed by atoms with Gasteiger partial charge in [-0.2, -0.15) is 0 Å². The first-order chi connectivity index (χ1) is 11.8. The molecule has 2 saturated heterocycles. The molecular weight excluding hydrogens is 314 g/mol. The zero-order chi connectivity index (χ0) is 18.4. The van der Waals surface area contributed by atoms with Crippen molar-refractivity contribution in [3.63, 3.8) is 0 Å². The fraction of sp³-hybridized carbons (Fsp3) is 0.950. The second-order valence-corrected chi connectivity index (χ2v) is 8.98. The Balaban J connectivity index is 1.64. The molecule has 2 fully saturated rings. The summed E-state index contributed by atoms with van der Waals surface area (Å²) in [5, 5.41) is 0. The van der Waals surface area contributed by atoms with Crippen molar-refractivity contribution in [2.75, 3.05) is 59.0 Å². The number of Topliss-reactive ketones (excluding diaryl/α,β-unsaturated/α-hetero) is 1. The topological polar surface area (TPSA) is 36.0 Å². The minimum atomic E-state index is -0.216. The predicted octanol–water partition coefficient (Wildman–Crippen LogP) is 2.11. The maximum Gasteiger partial charge on any atom is 0.152 e. The van der Waals surface area contributed by atoms with Gasteiger partial charge in [0, 0.05) is 57.3 Å². The average Bonchev–Trinajstić information content (AvgIpc) is 2.55. The third-order valence-electron chi connectivity index (χ3n) is 5.54. The van der Waals surface area contributed by atoms with Crippen LogP contribution >= 0.6 is 0 Å². The number of rotatable bonds is 7. The van der Waals surface area contributed by atoms with Crippen LogP contribution in [0.2, 0.25) is 0 Å². The monoisotopic (exact) mass is 353 g/mol. The lowest BCUT2D eigenvalue weighted by Gasteiger charge is -2.43. The lowest BCUT2D eigenvalue weighted by Crippen LogP contribution is -2.54. The van der Waals surface area contributed by atoms with Gasteiger partial charge in [-0.1, -0.05) is 20.8 Å². The third-order valence-corrected chi connectivity index (χ3v) is 5.54. The number of hydrogen-bond acceptors (Lipinski definition) is 5. The summed E-state index contributed by atoms with van der Waals surface area (Å²) in [6, 6.07) is 0.704. The van der Waals surface area contributed by atoms with Gasteiger partial charge in [-0.15, -0.1) is 0 Å². The molecule has 0 aromatic carbocycles. The summed E-state index contributed by atoms with van der Waals surface area (Å²) < 4.78 is 5.67. The van der Waals surface area contributed by atoms with Crippen molar-refractivity contribution in [1.29, 1.82) is 0 Å². The van der Waals surface area contributed by atoms with Gasteiger partial charge in [0.05, 0.1) is 19.3 Å². The van der Waals surface area contributed by atoms with Gasteiger partial charge in [0.1, 0.15) is 0 Å². The zero-order valence-electron chi connectivity index (χ0n) is 17.1. The van der Waals surface area contributed by atoms with Crippen LogP contribution in [0.3, 0.4) is 0 Å². The highest BCUT2D eigenvalue weighted by Crippen LogP contribution is 2.20. The number of likely N-dealkylation sites (tertiary alicyclic amines) is 1. The molecule has 0 aromatic heterocycles. The van der Waals surface area contributed by atoms with Gasteiger partial charge in [-0.25, -0.2) is 0 Å². The van der Waals surface area contributed by atoms with Crippen molar-refractivity contribution in [2.24, 2.45) is 5.41 Å². The highest BCUT2D eigenvalue weighted by molar-refractivity contribution is 5.85. The van der Waals surface area contributed by atoms with E-state index in [1.54, 1.807) is 0 Å². The van der Waals surface area contributed by atoms with Crippen molar-refractivity contribution in [3.8, 4) is 0 Å². The molecule has 0 radical (unpaired) electrons. The summed E-state index contributed by atoms with van der Waals surface area (Å²) in [7, 11) is 0. The van der Waals surface area contributed by atoms with Crippen LogP contribution in [0.5, 0.6) is 0 Å². The molecule has 5 heteroatoms. The Kier molecular flexibility index (Phi) is 7.87. The van der Waals surface area contributed by atoms with Crippen LogP contribution < -0.4 is 0 Å². The summed E-state index contributed by atoms with van der Waals surface area (Å²) in [4.78, 5) is 19.8. The fourth-order valence-corrected chi connectivity index (χ4v) is 3.65. The van der Waals surface area contributed by atoms with Crippen LogP contribution in [-0.4, -0.2) is 91.6 Å². The molecule has 0 aliphatic carbocycles. The standard InChI is InChI=1S/C20H39N3O2/c1-17(2)25-15-14-21-10-12-23(13-11-21)18-6-8-22(9-7-18)16-19(24)20(3,4)5/h17-18H,6-16H2,1-5H3. The van der Waals surface area contributed by atoms with E-state index in [-0.39, 0.29) is 5.41 Å². The number of carbonyl (C=O) groups is 1. The SMILES string of the molecule is CC(C)OCCN1CCN(C2CCN(CC(=O)C(C)(C)C)CC2)CC1. The molecule has 2 heterocycles. The zero-order valence-corrected chi connectivity index (χ0v) is 17.1. The quantitative estimate of drug-likeness (QED) is 0.701. The van der Waals surface area contributed by atoms with E-state index in [0.29, 0.717) is 24.5 Å². The van der Waals surface area contributed by atoms with Gasteiger partial charge >= 0.3 is 0 Å². The Morgan fingerprint density at radius 3 is 2.12 bits per heavy atom. The van der Waals surface area contributed by atoms with E-state index in [1.807, 2.05) is 20.8 Å². The number of piperidine rings is 1. The Morgan fingerprint density at radius 1 is 1.00 bits per heavy atom. The first-order valence-corrected chi connectivity index (χ1v) is 10.1. The lowest BCUT2D eigenvalue weighted by atomic mass is 9.90. The summed E-state index contributed by atoms with van der Waals surface area (Å²) in [5.74, 6) is 0.364. The summed E-state index contributed by atoms with van der Waals surface area (Å²) in [6.07, 6.45) is 2.73. The minimum absolute atomic E-state index is 0.216. The molecule has 0 unspecified atom stereocenters. The lowest BCUT2D eigenvalue weighted by molar-refractivity contribution is -0.127. The van der Waals surface area contributed by atoms with Crippen LogP contribution in [0.15, 0.2) is 0 Å². The molecule has 5 nitrogen and oxygen atoms in total. The van der Waals surface area contributed by atoms with Gasteiger partial charge in [0.25, 0.3) is 0 Å². The van der Waals surface area contributed by atoms with Crippen molar-refractivity contribution in [2.45, 2.75) is 59.6 Å². The Bertz CT molecular complexity index is 404. The second kappa shape index (κ2) is 9.45. The highest BCUT2D eigenvalue weighted by Gasteiger charge is 2.29. The van der Waals surface area contributed by atoms with Crippen LogP contribution in [-0.2, 0) is 9.53 Å². The van der Waals surface area contributed by atoms with Gasteiger partial charge in [-0.05, 0) is 26.7 Å². The Labute approximate surface area is 154 Å². The number of hydrogen-bond donors (Lipinski definition) is 0. The number of piperazine rings is 1. The fourth-order valence-electron chi connectivity index (χ4n) is 3.65. The smallest absolute Gasteiger partial charge is 0.152 e. The summed E-state index contributed by atoms with van der Waals surface area (Å²) >= 11 is 0. The van der Waals surface area contributed by atoms with Crippen molar-refractivity contribution < 1.29 is 9.53 Å². The van der Waals surface area contributed by atoms with E-state index in [9.17, 15) is 4.79 Å². The van der Waals surface area contributed by atoms with E-state index in [4.69, 9.17) is 4.74 Å². The van der Waals surface area contributed by atoms with E-state index < -0.39 is 0 Å². The molecule has 0 bridgehead atoms. The normalized spacial score (nSPS) is 22.6. The molecule has 2 aliphatic rings. The summed E-state index contributed by atoms with van der Waals surface area (Å²) in [6.45, 7) is 19.6. The molecule has 0 aromatic rings. The molecule has 25 heavy (non-hydrogen) atoms. The van der Waals surface area contributed by atoms with Crippen LogP contribution in [0.25, 0.3) is 0 Å². The molecule has 0 spiro atoms. The molecule has 0 amide bonds. The highest BCUT2D eigenvalue weighted by atomic mass is 16.5. The van der Waals surface area contributed by atoms with Gasteiger partial charge in [-0.3, -0.25) is 19.5 Å². The van der Waals surface area contributed by atoms with E-state index in [2.05, 4.69) is 28.5 Å². The molecule has 0 atom stereocenters. The maximum absolute atomic E-state index is 12.2. The van der Waals surface area contributed by atoms with E-state index in [1.165, 1.54) is 25.9 Å². The number of ether oxygens (including phenoxy) is 1. The van der Waals surface area contributed by atoms with Crippen LogP contribution in [0.4, 0.5) is 0 Å². The predicted molar refractivity (Wildman–Crippen MR) is 103 cm³/mol. The molecule has 0 N–H and O–H groups in total. The third kappa shape index (κ3) is 6.97. The molecule has 0 saturated carbocycles. The van der Waals surface area contributed by atoms with Crippen LogP contribution in [0, 0.1) is 5.41 Å². The van der Waals surface area contributed by atoms with Crippen molar-refractivity contribution in [1.82, 2.24) is 14.7 Å². The number of nitrogens with zero attached hydrogens (tertiary/aromatic N) is 3. The van der Waals surface area contributed by atoms with Gasteiger partial charge < -0.3 is 4.74 Å². The van der Waals surface area contributed by atoms with E-state index in [0.717, 1.165) is 39.3 Å². The minimum Gasteiger partial charge on any atom is -0.377 e. The Hall–Kier alpha value is -0.490. The number of carbonyl (C=O) groups excluding carboxylic acids is 1. The Morgan fingerprint density at radius 2 is 1.60 bits per heavy atom. The molecule has 2 aliphatic heterocycles. The van der Waals surface area contributed by atoms with Crippen molar-refractivity contribution in [3.05, 3.63) is 0 Å². The van der Waals surface area contributed by atoms with Crippen LogP contribution in [0.1, 0.15) is 47.5 Å². The first kappa shape index (κ1) is 20.8. The van der Waals surface area contributed by atoms with Crippen molar-refractivity contribution >= 4 is 5.78 Å². The second-order valence-electron chi connectivity index (χ2n) is 8.98. The first-order valence-electron chi connectivity index (χ1n) is 10.1. The number of ketones is 1. The molecule has 146 valence electrons. The van der Waals surface area contributed by atoms with Gasteiger partial charge in [0.15, 0.2) is 5.78 Å². The van der Waals surface area contributed by atoms with E-state index >= 15 is 0 Å². The summed E-state index contributed by atoms with van der Waals surface area (Å²) in [5.41, 5.74) is -0.216. The van der Waals surface area contributed by atoms with Gasteiger partial charge in [0.2, 0.25) is 0 Å². The average molecular weight is 354 g/mol. The molecular formula is C20H39N3O2.